The fourth-order valence-electron chi connectivity index (χ4n) is 8.18. The van der Waals surface area contributed by atoms with Gasteiger partial charge in [0.2, 0.25) is 0 Å². The van der Waals surface area contributed by atoms with Gasteiger partial charge in [0.15, 0.2) is 0 Å². The lowest BCUT2D eigenvalue weighted by Gasteiger charge is -2.47. The van der Waals surface area contributed by atoms with Crippen LogP contribution in [0.15, 0.2) is 146 Å². The molecule has 2 N–H and O–H groups in total. The zero-order valence-corrected chi connectivity index (χ0v) is 32.1. The number of ether oxygens (including phenoxy) is 6. The third-order valence-corrected chi connectivity index (χ3v) is 11.7. The third kappa shape index (κ3) is 6.03. The first-order valence-corrected chi connectivity index (χ1v) is 19.1. The topological polar surface area (TPSA) is 130 Å². The van der Waals surface area contributed by atoms with Crippen LogP contribution >= 0.6 is 23.2 Å². The fourth-order valence-corrected chi connectivity index (χ4v) is 8.44. The molecule has 6 aromatic rings. The third-order valence-electron chi connectivity index (χ3n) is 11.1. The number of benzene rings is 6. The van der Waals surface area contributed by atoms with Crippen molar-refractivity contribution < 1.29 is 48.2 Å². The van der Waals surface area contributed by atoms with Crippen LogP contribution in [0, 0.1) is 0 Å². The number of halogens is 2. The van der Waals surface area contributed by atoms with Crippen molar-refractivity contribution in [2.75, 3.05) is 26.4 Å². The molecule has 0 aromatic heterocycles. The van der Waals surface area contributed by atoms with E-state index in [4.69, 9.17) is 51.6 Å². The molecule has 58 heavy (non-hydrogen) atoms. The molecule has 4 aliphatic heterocycles. The summed E-state index contributed by atoms with van der Waals surface area (Å²) < 4.78 is 36.3. The molecule has 0 saturated carbocycles. The molecule has 0 amide bonds. The predicted octanol–water partition coefficient (Wildman–Crippen LogP) is 9.43. The Labute approximate surface area is 343 Å². The summed E-state index contributed by atoms with van der Waals surface area (Å²) in [7, 11) is 0. The van der Waals surface area contributed by atoms with Crippen LogP contribution in [0.1, 0.15) is 33.4 Å². The maximum absolute atomic E-state index is 12.2. The van der Waals surface area contributed by atoms with Crippen molar-refractivity contribution in [3.8, 4) is 23.0 Å². The van der Waals surface area contributed by atoms with E-state index < -0.39 is 34.3 Å². The number of rotatable bonds is 4. The summed E-state index contributed by atoms with van der Waals surface area (Å²) in [5.41, 5.74) is 3.08. The van der Waals surface area contributed by atoms with Gasteiger partial charge in [-0.25, -0.2) is 9.59 Å². The van der Waals surface area contributed by atoms with Crippen LogP contribution < -0.4 is 9.47 Å². The van der Waals surface area contributed by atoms with Crippen LogP contribution in [0.3, 0.4) is 0 Å². The second-order valence-electron chi connectivity index (χ2n) is 14.4. The quantitative estimate of drug-likeness (QED) is 0.178. The van der Waals surface area contributed by atoms with Gasteiger partial charge < -0.3 is 38.6 Å². The first kappa shape index (κ1) is 37.8. The van der Waals surface area contributed by atoms with Crippen molar-refractivity contribution in [2.45, 2.75) is 22.4 Å². The first-order chi connectivity index (χ1) is 28.1. The van der Waals surface area contributed by atoms with E-state index in [2.05, 4.69) is 0 Å². The monoisotopic (exact) mass is 816 g/mol. The molecule has 2 fully saturated rings. The summed E-state index contributed by atoms with van der Waals surface area (Å²) in [6.45, 7) is 0.497. The number of aliphatic carboxylic acids is 2. The lowest BCUT2D eigenvalue weighted by atomic mass is 9.72. The molecule has 10 rings (SSSR count). The van der Waals surface area contributed by atoms with E-state index in [1.54, 1.807) is 48.5 Å². The Kier molecular flexibility index (Phi) is 9.51. The second kappa shape index (κ2) is 14.6. The molecule has 4 aliphatic rings. The van der Waals surface area contributed by atoms with Gasteiger partial charge in [-0.2, -0.15) is 0 Å². The number of carboxylic acid groups (broad SMARTS) is 2. The molecule has 2 saturated heterocycles. The fraction of sp³-hybridized carbons (Fsp3) is 0.174. The Balaban J connectivity index is 0.000000150. The molecule has 12 heteroatoms. The van der Waals surface area contributed by atoms with Crippen molar-refractivity contribution in [1.29, 1.82) is 0 Å². The number of carbonyl (C=O) groups is 2. The molecule has 292 valence electrons. The van der Waals surface area contributed by atoms with Crippen molar-refractivity contribution in [3.05, 3.63) is 189 Å². The predicted molar refractivity (Wildman–Crippen MR) is 213 cm³/mol. The number of para-hydroxylation sites is 4. The summed E-state index contributed by atoms with van der Waals surface area (Å²) in [5, 5.41) is 21.0. The highest BCUT2D eigenvalue weighted by molar-refractivity contribution is 6.30. The highest BCUT2D eigenvalue weighted by Crippen LogP contribution is 2.53. The van der Waals surface area contributed by atoms with Crippen LogP contribution in [0.5, 0.6) is 23.0 Å². The number of hydrogen-bond acceptors (Lipinski definition) is 8. The van der Waals surface area contributed by atoms with E-state index in [0.717, 1.165) is 22.3 Å². The average Bonchev–Trinajstić information content (AvgIpc) is 3.25. The van der Waals surface area contributed by atoms with Crippen molar-refractivity contribution in [1.82, 2.24) is 0 Å². The van der Waals surface area contributed by atoms with Crippen molar-refractivity contribution in [3.63, 3.8) is 0 Å². The standard InChI is InChI=1S/2C23H17ClO5/c2*24-16-11-9-15(10-12-16)23(21(25)26)27-13-22(14-28-23)17-5-1-3-7-19(17)29-20-8-4-2-6-18(20)22/h2*1-12H,13-14H2,(H,25,26). The highest BCUT2D eigenvalue weighted by atomic mass is 35.5. The Bertz CT molecular complexity index is 2250. The van der Waals surface area contributed by atoms with Gasteiger partial charge in [0.1, 0.15) is 23.0 Å². The zero-order valence-electron chi connectivity index (χ0n) is 30.6. The van der Waals surface area contributed by atoms with Gasteiger partial charge >= 0.3 is 11.9 Å². The molecule has 0 aliphatic carbocycles. The largest absolute Gasteiger partial charge is 0.477 e. The number of carboxylic acids is 2. The van der Waals surface area contributed by atoms with E-state index in [1.807, 2.05) is 97.1 Å². The maximum Gasteiger partial charge on any atom is 0.369 e. The molecule has 0 unspecified atom stereocenters. The molecule has 4 heterocycles. The van der Waals surface area contributed by atoms with Gasteiger partial charge in [-0.05, 0) is 48.5 Å². The molecule has 0 atom stereocenters. The van der Waals surface area contributed by atoms with E-state index >= 15 is 0 Å². The molecular weight excluding hydrogens is 783 g/mol. The van der Waals surface area contributed by atoms with Gasteiger partial charge in [0.25, 0.3) is 11.6 Å². The van der Waals surface area contributed by atoms with Gasteiger partial charge in [0, 0.05) is 43.4 Å². The Morgan fingerprint density at radius 1 is 0.414 bits per heavy atom. The maximum atomic E-state index is 12.2. The first-order valence-electron chi connectivity index (χ1n) is 18.4. The lowest BCUT2D eigenvalue weighted by Crippen LogP contribution is -2.55. The average molecular weight is 818 g/mol. The van der Waals surface area contributed by atoms with Crippen molar-refractivity contribution >= 4 is 35.1 Å². The number of fused-ring (bicyclic) bond motifs is 8. The normalized spacial score (nSPS) is 20.0. The van der Waals surface area contributed by atoms with Gasteiger partial charge in [-0.3, -0.25) is 0 Å². The summed E-state index contributed by atoms with van der Waals surface area (Å²) in [5.74, 6) is -3.33. The summed E-state index contributed by atoms with van der Waals surface area (Å²) in [4.78, 5) is 24.4. The minimum atomic E-state index is -1.89. The van der Waals surface area contributed by atoms with E-state index in [9.17, 15) is 19.8 Å². The molecule has 0 bridgehead atoms. The number of hydrogen-bond donors (Lipinski definition) is 2. The van der Waals surface area contributed by atoms with Crippen LogP contribution in [0.4, 0.5) is 0 Å². The van der Waals surface area contributed by atoms with Gasteiger partial charge in [-0.15, -0.1) is 0 Å². The van der Waals surface area contributed by atoms with Gasteiger partial charge in [-0.1, -0.05) is 120 Å². The minimum Gasteiger partial charge on any atom is -0.477 e. The van der Waals surface area contributed by atoms with E-state index in [1.165, 1.54) is 0 Å². The van der Waals surface area contributed by atoms with Crippen LogP contribution in [-0.4, -0.2) is 48.6 Å². The molecule has 2 spiro atoms. The smallest absolute Gasteiger partial charge is 0.369 e. The Morgan fingerprint density at radius 2 is 0.672 bits per heavy atom. The minimum absolute atomic E-state index is 0.124. The molecule has 0 radical (unpaired) electrons. The summed E-state index contributed by atoms with van der Waals surface area (Å²) in [6, 6.07) is 43.7. The second-order valence-corrected chi connectivity index (χ2v) is 15.2. The molecular formula is C46H34Cl2O10. The SMILES string of the molecule is O=C(O)C1(c2ccc(Cl)cc2)OCC2(CO1)c1ccccc1Oc1ccccc12.O=C(O)C1(c2ccc(Cl)cc2)OCC2(CO1)c1ccccc1Oc1ccccc12. The van der Waals surface area contributed by atoms with Gasteiger partial charge in [0.05, 0.1) is 37.3 Å². The Hall–Kier alpha value is -5.72. The zero-order chi connectivity index (χ0) is 40.1. The van der Waals surface area contributed by atoms with E-state index in [-0.39, 0.29) is 26.4 Å². The highest BCUT2D eigenvalue weighted by Gasteiger charge is 2.56. The van der Waals surface area contributed by atoms with Crippen molar-refractivity contribution in [2.24, 2.45) is 0 Å². The van der Waals surface area contributed by atoms with Crippen LogP contribution in [0.2, 0.25) is 10.0 Å². The molecule has 6 aromatic carbocycles. The van der Waals surface area contributed by atoms with E-state index in [0.29, 0.717) is 44.2 Å². The Morgan fingerprint density at radius 3 is 0.931 bits per heavy atom. The van der Waals surface area contributed by atoms with Crippen LogP contribution in [-0.2, 0) is 50.9 Å². The molecule has 10 nitrogen and oxygen atoms in total. The van der Waals surface area contributed by atoms with Crippen LogP contribution in [0.25, 0.3) is 0 Å². The summed E-state index contributed by atoms with van der Waals surface area (Å²) >= 11 is 11.9. The summed E-state index contributed by atoms with van der Waals surface area (Å²) in [6.07, 6.45) is 0. The lowest BCUT2D eigenvalue weighted by molar-refractivity contribution is -0.288.